The van der Waals surface area contributed by atoms with E-state index in [9.17, 15) is 27.9 Å². The molecule has 0 aliphatic rings. The van der Waals surface area contributed by atoms with Gasteiger partial charge in [-0.3, -0.25) is 9.59 Å². The normalized spacial score (nSPS) is 12.0. The van der Waals surface area contributed by atoms with E-state index in [2.05, 4.69) is 15.2 Å². The fourth-order valence-electron chi connectivity index (χ4n) is 3.82. The van der Waals surface area contributed by atoms with Gasteiger partial charge in [-0.1, -0.05) is 11.6 Å². The van der Waals surface area contributed by atoms with Crippen molar-refractivity contribution in [3.63, 3.8) is 0 Å². The second-order valence-electron chi connectivity index (χ2n) is 8.92. The van der Waals surface area contributed by atoms with E-state index in [0.717, 1.165) is 49.8 Å². The summed E-state index contributed by atoms with van der Waals surface area (Å²) in [5, 5.41) is 14.1. The van der Waals surface area contributed by atoms with Crippen LogP contribution in [0.5, 0.6) is 5.75 Å². The highest BCUT2D eigenvalue weighted by Gasteiger charge is 2.31. The summed E-state index contributed by atoms with van der Waals surface area (Å²) < 4.78 is 40.4. The molecule has 2 aromatic carbocycles. The highest BCUT2D eigenvalue weighted by Crippen LogP contribution is 2.42. The largest absolute Gasteiger partial charge is 0.507 e. The highest BCUT2D eigenvalue weighted by molar-refractivity contribution is 8.00. The molecular formula is C26H29ClF3N3O3S. The van der Waals surface area contributed by atoms with Crippen LogP contribution in [-0.2, 0) is 11.0 Å². The first kappa shape index (κ1) is 29.0. The molecule has 0 saturated carbocycles. The van der Waals surface area contributed by atoms with Gasteiger partial charge in [0.2, 0.25) is 0 Å². The topological polar surface area (TPSA) is 85.4 Å². The lowest BCUT2D eigenvalue weighted by molar-refractivity contribution is -0.137. The van der Waals surface area contributed by atoms with Gasteiger partial charge in [0.25, 0.3) is 5.56 Å². The first-order valence-electron chi connectivity index (χ1n) is 11.7. The van der Waals surface area contributed by atoms with Crippen LogP contribution >= 0.6 is 23.4 Å². The molecule has 3 N–H and O–H groups in total. The molecule has 3 rings (SSSR count). The average molecular weight is 556 g/mol. The number of hydrogen-bond acceptors (Lipinski definition) is 6. The van der Waals surface area contributed by atoms with E-state index < -0.39 is 17.3 Å². The highest BCUT2D eigenvalue weighted by atomic mass is 35.5. The molecule has 200 valence electrons. The van der Waals surface area contributed by atoms with Crippen LogP contribution in [0.4, 0.5) is 13.2 Å². The number of aromatic hydroxyl groups is 1. The van der Waals surface area contributed by atoms with Crippen LogP contribution in [0.2, 0.25) is 5.02 Å². The molecule has 6 nitrogen and oxygen atoms in total. The van der Waals surface area contributed by atoms with Gasteiger partial charge in [0.15, 0.2) is 0 Å². The lowest BCUT2D eigenvalue weighted by atomic mass is 9.98. The summed E-state index contributed by atoms with van der Waals surface area (Å²) in [6.45, 7) is 2.27. The minimum Gasteiger partial charge on any atom is -0.507 e. The van der Waals surface area contributed by atoms with Crippen LogP contribution in [0.15, 0.2) is 46.1 Å². The molecule has 0 aliphatic carbocycles. The number of fused-ring (bicyclic) bond motifs is 1. The van der Waals surface area contributed by atoms with Crippen LogP contribution in [0, 0.1) is 0 Å². The van der Waals surface area contributed by atoms with E-state index >= 15 is 0 Å². The summed E-state index contributed by atoms with van der Waals surface area (Å²) in [5.41, 5.74) is -1.10. The zero-order valence-electron chi connectivity index (χ0n) is 20.5. The quantitative estimate of drug-likeness (QED) is 0.200. The number of carbonyl (C=O) groups is 1. The molecule has 3 aromatic rings. The van der Waals surface area contributed by atoms with Crippen molar-refractivity contribution in [2.24, 2.45) is 0 Å². The number of benzene rings is 2. The number of ketones is 1. The van der Waals surface area contributed by atoms with E-state index in [1.165, 1.54) is 24.3 Å². The van der Waals surface area contributed by atoms with E-state index in [-0.39, 0.29) is 55.7 Å². The Bertz CT molecular complexity index is 1310. The van der Waals surface area contributed by atoms with Crippen LogP contribution in [0.1, 0.15) is 24.8 Å². The summed E-state index contributed by atoms with van der Waals surface area (Å²) in [5.74, 6) is -0.416. The molecule has 11 heteroatoms. The smallest absolute Gasteiger partial charge is 0.416 e. The van der Waals surface area contributed by atoms with Gasteiger partial charge in [-0.25, -0.2) is 0 Å². The zero-order chi connectivity index (χ0) is 27.2. The number of nitrogens with zero attached hydrogens (tertiary/aromatic N) is 1. The number of pyridine rings is 1. The number of unbranched alkanes of at least 4 members (excludes halogenated alkanes) is 1. The Labute approximate surface area is 222 Å². The fraction of sp³-hybridized carbons (Fsp3) is 0.385. The van der Waals surface area contributed by atoms with Gasteiger partial charge in [-0.15, -0.1) is 11.8 Å². The van der Waals surface area contributed by atoms with Gasteiger partial charge >= 0.3 is 6.18 Å². The molecule has 0 bridgehead atoms. The molecule has 0 radical (unpaired) electrons. The summed E-state index contributed by atoms with van der Waals surface area (Å²) in [7, 11) is 4.03. The van der Waals surface area contributed by atoms with Crippen molar-refractivity contribution in [3.05, 3.63) is 57.3 Å². The Morgan fingerprint density at radius 1 is 1.14 bits per heavy atom. The Balaban J connectivity index is 1.86. The number of nitrogens with one attached hydrogen (secondary N) is 2. The molecule has 0 fully saturated rings. The lowest BCUT2D eigenvalue weighted by Gasteiger charge is -2.16. The van der Waals surface area contributed by atoms with Crippen LogP contribution in [-0.4, -0.2) is 60.3 Å². The maximum atomic E-state index is 13.5. The van der Waals surface area contributed by atoms with E-state index in [1.54, 1.807) is 0 Å². The number of Topliss-reactive ketones (excluding diaryl/α,β-unsaturated/α-hetero) is 1. The SMILES string of the molecule is CN(C)CCCCNCCC(=O)CSc1c(-c2cc(Cl)ccc2O)c2cc(C(F)(F)F)ccc2[nH]c1=O. The molecule has 0 aliphatic heterocycles. The van der Waals surface area contributed by atoms with Gasteiger partial charge in [0.1, 0.15) is 11.5 Å². The van der Waals surface area contributed by atoms with Crippen LogP contribution in [0.3, 0.4) is 0 Å². The van der Waals surface area contributed by atoms with Gasteiger partial charge in [0, 0.05) is 40.0 Å². The van der Waals surface area contributed by atoms with Gasteiger partial charge in [-0.05, 0) is 76.4 Å². The number of carbonyl (C=O) groups excluding carboxylic acids is 1. The Morgan fingerprint density at radius 2 is 1.89 bits per heavy atom. The minimum absolute atomic E-state index is 0.0365. The molecule has 0 spiro atoms. The molecule has 1 aromatic heterocycles. The summed E-state index contributed by atoms with van der Waals surface area (Å²) in [6.07, 6.45) is -2.33. The minimum atomic E-state index is -4.61. The Kier molecular flexibility index (Phi) is 10.1. The average Bonchev–Trinajstić information content (AvgIpc) is 2.82. The number of phenols is 1. The van der Waals surface area contributed by atoms with Crippen LogP contribution < -0.4 is 10.9 Å². The van der Waals surface area contributed by atoms with Crippen molar-refractivity contribution in [2.45, 2.75) is 30.3 Å². The summed E-state index contributed by atoms with van der Waals surface area (Å²) >= 11 is 7.04. The van der Waals surface area contributed by atoms with Crippen molar-refractivity contribution in [1.82, 2.24) is 15.2 Å². The third-order valence-corrected chi connectivity index (χ3v) is 7.07. The number of alkyl halides is 3. The number of thioether (sulfide) groups is 1. The number of H-pyrrole nitrogens is 1. The first-order valence-corrected chi connectivity index (χ1v) is 13.1. The van der Waals surface area contributed by atoms with E-state index in [1.807, 2.05) is 14.1 Å². The van der Waals surface area contributed by atoms with Gasteiger partial charge in [-0.2, -0.15) is 13.2 Å². The number of halogens is 4. The predicted molar refractivity (Wildman–Crippen MR) is 143 cm³/mol. The molecule has 37 heavy (non-hydrogen) atoms. The molecule has 0 atom stereocenters. The van der Waals surface area contributed by atoms with E-state index in [0.29, 0.717) is 6.54 Å². The maximum absolute atomic E-state index is 13.5. The van der Waals surface area contributed by atoms with Gasteiger partial charge in [0.05, 0.1) is 16.2 Å². The van der Waals surface area contributed by atoms with Crippen molar-refractivity contribution in [1.29, 1.82) is 0 Å². The summed E-state index contributed by atoms with van der Waals surface area (Å²) in [4.78, 5) is 30.3. The molecular weight excluding hydrogens is 527 g/mol. The predicted octanol–water partition coefficient (Wildman–Crippen LogP) is 5.56. The number of aromatic amines is 1. The Morgan fingerprint density at radius 3 is 2.59 bits per heavy atom. The first-order chi connectivity index (χ1) is 17.5. The third kappa shape index (κ3) is 7.98. The second kappa shape index (κ2) is 12.8. The second-order valence-corrected chi connectivity index (χ2v) is 10.3. The van der Waals surface area contributed by atoms with Crippen LogP contribution in [0.25, 0.3) is 22.0 Å². The standard InChI is InChI=1S/C26H29ClF3N3O3S/c1-33(2)12-4-3-10-31-11-9-18(34)15-37-24-23(20-14-17(27)6-8-22(20)35)19-13-16(26(28,29)30)5-7-21(19)32-25(24)36/h5-8,13-14,31,35H,3-4,9-12,15H2,1-2H3,(H,32,36). The number of phenolic OH excluding ortho intramolecular Hbond substituents is 1. The fourth-order valence-corrected chi connectivity index (χ4v) is 4.99. The van der Waals surface area contributed by atoms with E-state index in [4.69, 9.17) is 11.6 Å². The summed E-state index contributed by atoms with van der Waals surface area (Å²) in [6, 6.07) is 7.10. The number of aromatic nitrogens is 1. The number of rotatable bonds is 12. The third-order valence-electron chi connectivity index (χ3n) is 5.69. The maximum Gasteiger partial charge on any atom is 0.416 e. The number of hydrogen-bond donors (Lipinski definition) is 3. The Hall–Kier alpha value is -2.53. The molecule has 1 heterocycles. The van der Waals surface area contributed by atoms with Crippen molar-refractivity contribution in [3.8, 4) is 16.9 Å². The molecule has 0 unspecified atom stereocenters. The van der Waals surface area contributed by atoms with Crippen molar-refractivity contribution < 1.29 is 23.1 Å². The monoisotopic (exact) mass is 555 g/mol. The molecule has 0 amide bonds. The van der Waals surface area contributed by atoms with Crippen molar-refractivity contribution >= 4 is 40.0 Å². The lowest BCUT2D eigenvalue weighted by Crippen LogP contribution is -2.21. The zero-order valence-corrected chi connectivity index (χ0v) is 22.1. The van der Waals surface area contributed by atoms with Crippen molar-refractivity contribution in [2.75, 3.05) is 39.5 Å². The van der Waals surface area contributed by atoms with Gasteiger partial charge < -0.3 is 20.3 Å². The molecule has 0 saturated heterocycles.